The second-order valence-electron chi connectivity index (χ2n) is 4.94. The number of pyridine rings is 1. The molecule has 5 nitrogen and oxygen atoms in total. The van der Waals surface area contributed by atoms with Gasteiger partial charge >= 0.3 is 0 Å². The van der Waals surface area contributed by atoms with Crippen LogP contribution in [-0.2, 0) is 6.54 Å². The van der Waals surface area contributed by atoms with Crippen molar-refractivity contribution in [3.8, 4) is 0 Å². The maximum Gasteiger partial charge on any atom is 0.284 e. The van der Waals surface area contributed by atoms with E-state index in [1.165, 1.54) is 0 Å². The van der Waals surface area contributed by atoms with Crippen LogP contribution in [0.2, 0.25) is 5.02 Å². The number of fused-ring (bicyclic) bond motifs is 1. The van der Waals surface area contributed by atoms with E-state index in [0.29, 0.717) is 23.1 Å². The minimum atomic E-state index is -0.583. The van der Waals surface area contributed by atoms with Gasteiger partial charge in [0.2, 0.25) is 0 Å². The van der Waals surface area contributed by atoms with Gasteiger partial charge < -0.3 is 15.5 Å². The molecule has 0 spiro atoms. The maximum absolute atomic E-state index is 11.0. The molecule has 0 bridgehead atoms. The number of anilines is 1. The molecule has 3 aromatic rings. The third-order valence-corrected chi connectivity index (χ3v) is 3.68. The van der Waals surface area contributed by atoms with Crippen molar-refractivity contribution in [2.75, 3.05) is 5.32 Å². The lowest BCUT2D eigenvalue weighted by atomic mass is 10.1. The second-order valence-corrected chi connectivity index (χ2v) is 5.35. The van der Waals surface area contributed by atoms with Crippen molar-refractivity contribution in [3.63, 3.8) is 0 Å². The van der Waals surface area contributed by atoms with E-state index in [1.807, 2.05) is 31.2 Å². The molecule has 2 heterocycles. The molecular weight excluding hydrogens is 302 g/mol. The first kappa shape index (κ1) is 14.4. The highest BCUT2D eigenvalue weighted by molar-refractivity contribution is 6.35. The SMILES string of the molecule is Cc1ccc(Cl)c2ccc(NCc3ccc(C(N)=O)o3)nc12. The van der Waals surface area contributed by atoms with Crippen LogP contribution in [0.25, 0.3) is 10.9 Å². The summed E-state index contributed by atoms with van der Waals surface area (Å²) in [6.45, 7) is 2.40. The number of nitrogens with one attached hydrogen (secondary N) is 1. The van der Waals surface area contributed by atoms with E-state index in [9.17, 15) is 4.79 Å². The molecule has 3 N–H and O–H groups in total. The fourth-order valence-corrected chi connectivity index (χ4v) is 2.42. The molecule has 0 unspecified atom stereocenters. The molecule has 6 heteroatoms. The number of hydrogen-bond acceptors (Lipinski definition) is 4. The van der Waals surface area contributed by atoms with Crippen molar-refractivity contribution in [1.82, 2.24) is 4.98 Å². The minimum Gasteiger partial charge on any atom is -0.454 e. The molecule has 2 aromatic heterocycles. The van der Waals surface area contributed by atoms with Gasteiger partial charge in [0.1, 0.15) is 11.6 Å². The summed E-state index contributed by atoms with van der Waals surface area (Å²) in [5.74, 6) is 0.875. The van der Waals surface area contributed by atoms with Crippen LogP contribution in [0.3, 0.4) is 0 Å². The molecule has 112 valence electrons. The number of halogens is 1. The Morgan fingerprint density at radius 2 is 2.09 bits per heavy atom. The smallest absolute Gasteiger partial charge is 0.284 e. The number of aryl methyl sites for hydroxylation is 1. The molecule has 22 heavy (non-hydrogen) atoms. The molecule has 3 rings (SSSR count). The number of aromatic nitrogens is 1. The predicted molar refractivity (Wildman–Crippen MR) is 86.0 cm³/mol. The number of primary amides is 1. The molecule has 1 amide bonds. The molecule has 0 saturated heterocycles. The summed E-state index contributed by atoms with van der Waals surface area (Å²) in [5, 5.41) is 4.75. The first-order valence-electron chi connectivity index (χ1n) is 6.73. The van der Waals surface area contributed by atoms with Gasteiger partial charge in [0.15, 0.2) is 5.76 Å². The summed E-state index contributed by atoms with van der Waals surface area (Å²) in [6, 6.07) is 10.8. The van der Waals surface area contributed by atoms with Crippen LogP contribution in [0.5, 0.6) is 0 Å². The first-order chi connectivity index (χ1) is 10.5. The van der Waals surface area contributed by atoms with Gasteiger partial charge in [0.05, 0.1) is 12.1 Å². The lowest BCUT2D eigenvalue weighted by molar-refractivity contribution is 0.0972. The Labute approximate surface area is 132 Å². The topological polar surface area (TPSA) is 81.1 Å². The third-order valence-electron chi connectivity index (χ3n) is 3.35. The van der Waals surface area contributed by atoms with Gasteiger partial charge in [-0.15, -0.1) is 0 Å². The van der Waals surface area contributed by atoms with Crippen LogP contribution >= 0.6 is 11.6 Å². The molecule has 0 atom stereocenters. The number of amides is 1. The fourth-order valence-electron chi connectivity index (χ4n) is 2.20. The quantitative estimate of drug-likeness (QED) is 0.772. The molecule has 0 saturated carbocycles. The first-order valence-corrected chi connectivity index (χ1v) is 7.10. The van der Waals surface area contributed by atoms with E-state index in [-0.39, 0.29) is 5.76 Å². The van der Waals surface area contributed by atoms with E-state index >= 15 is 0 Å². The zero-order valence-electron chi connectivity index (χ0n) is 11.9. The summed E-state index contributed by atoms with van der Waals surface area (Å²) in [5.41, 5.74) is 7.06. The van der Waals surface area contributed by atoms with Gasteiger partial charge in [-0.25, -0.2) is 4.98 Å². The Bertz CT molecular complexity index is 858. The van der Waals surface area contributed by atoms with Crippen molar-refractivity contribution in [2.24, 2.45) is 5.73 Å². The maximum atomic E-state index is 11.0. The Morgan fingerprint density at radius 3 is 2.82 bits per heavy atom. The molecule has 0 radical (unpaired) electrons. The van der Waals surface area contributed by atoms with Gasteiger partial charge in [-0.2, -0.15) is 0 Å². The molecule has 0 aliphatic heterocycles. The Morgan fingerprint density at radius 1 is 1.27 bits per heavy atom. The van der Waals surface area contributed by atoms with E-state index in [2.05, 4.69) is 10.3 Å². The standard InChI is InChI=1S/C16H14ClN3O2/c1-9-2-5-12(17)11-4-7-14(20-15(9)11)19-8-10-3-6-13(22-10)16(18)21/h2-7H,8H2,1H3,(H2,18,21)(H,19,20). The van der Waals surface area contributed by atoms with Gasteiger partial charge in [0.25, 0.3) is 5.91 Å². The van der Waals surface area contributed by atoms with Crippen LogP contribution in [0.1, 0.15) is 21.9 Å². The van der Waals surface area contributed by atoms with Crippen LogP contribution in [0, 0.1) is 6.92 Å². The molecule has 0 aliphatic carbocycles. The lowest BCUT2D eigenvalue weighted by Gasteiger charge is -2.08. The fraction of sp³-hybridized carbons (Fsp3) is 0.125. The average Bonchev–Trinajstić information content (AvgIpc) is 2.98. The summed E-state index contributed by atoms with van der Waals surface area (Å²) < 4.78 is 5.31. The summed E-state index contributed by atoms with van der Waals surface area (Å²) in [6.07, 6.45) is 0. The number of furan rings is 1. The Balaban J connectivity index is 1.82. The van der Waals surface area contributed by atoms with E-state index < -0.39 is 5.91 Å². The zero-order valence-corrected chi connectivity index (χ0v) is 12.6. The summed E-state index contributed by atoms with van der Waals surface area (Å²) in [4.78, 5) is 15.6. The van der Waals surface area contributed by atoms with E-state index in [4.69, 9.17) is 21.8 Å². The lowest BCUT2D eigenvalue weighted by Crippen LogP contribution is -2.09. The van der Waals surface area contributed by atoms with Crippen molar-refractivity contribution in [3.05, 3.63) is 58.5 Å². The Hall–Kier alpha value is -2.53. The predicted octanol–water partition coefficient (Wildman–Crippen LogP) is 3.50. The van der Waals surface area contributed by atoms with Gasteiger partial charge in [-0.1, -0.05) is 17.7 Å². The number of rotatable bonds is 4. The Kier molecular flexibility index (Phi) is 3.73. The number of carbonyl (C=O) groups excluding carboxylic acids is 1. The minimum absolute atomic E-state index is 0.144. The number of nitrogens with two attached hydrogens (primary N) is 1. The van der Waals surface area contributed by atoms with Crippen molar-refractivity contribution in [2.45, 2.75) is 13.5 Å². The summed E-state index contributed by atoms with van der Waals surface area (Å²) in [7, 11) is 0. The number of hydrogen-bond donors (Lipinski definition) is 2. The van der Waals surface area contributed by atoms with E-state index in [0.717, 1.165) is 16.5 Å². The molecule has 1 aromatic carbocycles. The van der Waals surface area contributed by atoms with Gasteiger partial charge in [0, 0.05) is 10.4 Å². The normalized spacial score (nSPS) is 10.8. The number of nitrogens with zero attached hydrogens (tertiary/aromatic N) is 1. The largest absolute Gasteiger partial charge is 0.454 e. The zero-order chi connectivity index (χ0) is 15.7. The van der Waals surface area contributed by atoms with Crippen molar-refractivity contribution in [1.29, 1.82) is 0 Å². The highest BCUT2D eigenvalue weighted by atomic mass is 35.5. The molecule has 0 fully saturated rings. The van der Waals surface area contributed by atoms with Crippen LogP contribution in [0.4, 0.5) is 5.82 Å². The molecule has 0 aliphatic rings. The average molecular weight is 316 g/mol. The van der Waals surface area contributed by atoms with E-state index in [1.54, 1.807) is 12.1 Å². The van der Waals surface area contributed by atoms with Crippen molar-refractivity contribution >= 4 is 34.2 Å². The van der Waals surface area contributed by atoms with Gasteiger partial charge in [-0.3, -0.25) is 4.79 Å². The number of benzene rings is 1. The number of carbonyl (C=O) groups is 1. The highest BCUT2D eigenvalue weighted by Crippen LogP contribution is 2.26. The van der Waals surface area contributed by atoms with Gasteiger partial charge in [-0.05, 0) is 42.8 Å². The van der Waals surface area contributed by atoms with Crippen molar-refractivity contribution < 1.29 is 9.21 Å². The third kappa shape index (κ3) is 2.76. The highest BCUT2D eigenvalue weighted by Gasteiger charge is 2.08. The monoisotopic (exact) mass is 315 g/mol. The summed E-state index contributed by atoms with van der Waals surface area (Å²) >= 11 is 6.17. The molecular formula is C16H14ClN3O2. The van der Waals surface area contributed by atoms with Crippen LogP contribution < -0.4 is 11.1 Å². The van der Waals surface area contributed by atoms with Crippen LogP contribution in [0.15, 0.2) is 40.8 Å². The van der Waals surface area contributed by atoms with Crippen LogP contribution in [-0.4, -0.2) is 10.9 Å². The second kappa shape index (κ2) is 5.69.